The molecule has 1 atom stereocenters. The zero-order valence-electron chi connectivity index (χ0n) is 7.92. The first-order valence-corrected chi connectivity index (χ1v) is 5.21. The lowest BCUT2D eigenvalue weighted by Gasteiger charge is -2.07. The van der Waals surface area contributed by atoms with E-state index in [1.807, 2.05) is 0 Å². The van der Waals surface area contributed by atoms with Crippen molar-refractivity contribution in [2.75, 3.05) is 12.4 Å². The maximum atomic E-state index is 9.14. The lowest BCUT2D eigenvalue weighted by atomic mass is 10.3. The molecule has 0 bridgehead atoms. The van der Waals surface area contributed by atoms with Crippen LogP contribution in [-0.4, -0.2) is 44.7 Å². The summed E-state index contributed by atoms with van der Waals surface area (Å²) in [7, 11) is 0. The fourth-order valence-corrected chi connectivity index (χ4v) is 1.75. The highest BCUT2D eigenvalue weighted by Crippen LogP contribution is 2.19. The van der Waals surface area contributed by atoms with Gasteiger partial charge in [0.2, 0.25) is 0 Å². The largest absolute Gasteiger partial charge is 0.394 e. The third-order valence-electron chi connectivity index (χ3n) is 1.60. The maximum Gasteiger partial charge on any atom is 0.130 e. The first-order chi connectivity index (χ1) is 7.15. The Hall–Kier alpha value is -1.18. The molecule has 6 nitrogen and oxygen atoms in total. The van der Waals surface area contributed by atoms with E-state index in [9.17, 15) is 0 Å². The van der Waals surface area contributed by atoms with Crippen LogP contribution in [0.5, 0.6) is 0 Å². The summed E-state index contributed by atoms with van der Waals surface area (Å²) in [5.41, 5.74) is 5.83. The van der Waals surface area contributed by atoms with E-state index >= 15 is 0 Å². The van der Waals surface area contributed by atoms with E-state index in [2.05, 4.69) is 10.2 Å². The van der Waals surface area contributed by atoms with Crippen molar-refractivity contribution < 1.29 is 10.2 Å². The molecule has 5 N–H and O–H groups in total. The van der Waals surface area contributed by atoms with Gasteiger partial charge in [0.25, 0.3) is 0 Å². The third kappa shape index (κ3) is 3.46. The second-order valence-electron chi connectivity index (χ2n) is 2.81. The summed E-state index contributed by atoms with van der Waals surface area (Å²) in [6.45, 7) is -0.303. The van der Waals surface area contributed by atoms with Crippen LogP contribution in [0.2, 0.25) is 0 Å². The zero-order chi connectivity index (χ0) is 11.3. The highest BCUT2D eigenvalue weighted by molar-refractivity contribution is 7.99. The van der Waals surface area contributed by atoms with Gasteiger partial charge in [0.15, 0.2) is 0 Å². The van der Waals surface area contributed by atoms with Gasteiger partial charge in [-0.2, -0.15) is 5.10 Å². The zero-order valence-corrected chi connectivity index (χ0v) is 8.74. The molecule has 0 spiro atoms. The SMILES string of the molecule is N=C(N)c1ccnnc1SCC(O)CO. The molecule has 0 amide bonds. The normalized spacial score (nSPS) is 12.4. The first kappa shape index (κ1) is 11.9. The summed E-state index contributed by atoms with van der Waals surface area (Å²) < 4.78 is 0. The van der Waals surface area contributed by atoms with Crippen LogP contribution in [0.15, 0.2) is 17.3 Å². The van der Waals surface area contributed by atoms with Crippen molar-refractivity contribution in [3.63, 3.8) is 0 Å². The minimum atomic E-state index is -0.809. The number of nitrogens with one attached hydrogen (secondary N) is 1. The van der Waals surface area contributed by atoms with Crippen molar-refractivity contribution in [2.45, 2.75) is 11.1 Å². The van der Waals surface area contributed by atoms with E-state index < -0.39 is 6.10 Å². The van der Waals surface area contributed by atoms with Gasteiger partial charge in [-0.1, -0.05) is 0 Å². The number of nitrogens with zero attached hydrogens (tertiary/aromatic N) is 2. The Bertz CT molecular complexity index is 347. The number of hydrogen-bond acceptors (Lipinski definition) is 6. The van der Waals surface area contributed by atoms with Crippen molar-refractivity contribution in [1.82, 2.24) is 10.2 Å². The quantitative estimate of drug-likeness (QED) is 0.298. The lowest BCUT2D eigenvalue weighted by Crippen LogP contribution is -2.17. The number of nitrogen functional groups attached to an aromatic ring is 1. The molecule has 0 aliphatic heterocycles. The van der Waals surface area contributed by atoms with Gasteiger partial charge in [-0.15, -0.1) is 16.9 Å². The number of hydrogen-bond donors (Lipinski definition) is 4. The molecule has 0 saturated heterocycles. The summed E-state index contributed by atoms with van der Waals surface area (Å²) in [6.07, 6.45) is 0.639. The summed E-state index contributed by atoms with van der Waals surface area (Å²) in [4.78, 5) is 0. The predicted molar refractivity (Wildman–Crippen MR) is 56.9 cm³/mol. The van der Waals surface area contributed by atoms with Crippen molar-refractivity contribution in [3.8, 4) is 0 Å². The maximum absolute atomic E-state index is 9.14. The fourth-order valence-electron chi connectivity index (χ4n) is 0.858. The van der Waals surface area contributed by atoms with Gasteiger partial charge in [0, 0.05) is 5.75 Å². The Balaban J connectivity index is 2.72. The predicted octanol–water partition coefficient (Wildman–Crippen LogP) is -0.794. The molecule has 82 valence electrons. The molecule has 0 fully saturated rings. The van der Waals surface area contributed by atoms with E-state index in [0.717, 1.165) is 0 Å². The number of aliphatic hydroxyl groups excluding tert-OH is 2. The number of aliphatic hydroxyl groups is 2. The van der Waals surface area contributed by atoms with E-state index in [1.165, 1.54) is 18.0 Å². The highest BCUT2D eigenvalue weighted by Gasteiger charge is 2.10. The van der Waals surface area contributed by atoms with Gasteiger partial charge in [0.1, 0.15) is 10.9 Å². The van der Waals surface area contributed by atoms with Crippen molar-refractivity contribution in [3.05, 3.63) is 17.8 Å². The molecule has 7 heteroatoms. The van der Waals surface area contributed by atoms with Crippen molar-refractivity contribution in [2.24, 2.45) is 5.73 Å². The molecule has 0 saturated carbocycles. The van der Waals surface area contributed by atoms with Gasteiger partial charge in [0.05, 0.1) is 24.5 Å². The number of rotatable bonds is 5. The Morgan fingerprint density at radius 3 is 3.00 bits per heavy atom. The summed E-state index contributed by atoms with van der Waals surface area (Å²) in [5.74, 6) is 0.195. The molecule has 1 heterocycles. The van der Waals surface area contributed by atoms with Gasteiger partial charge in [-0.05, 0) is 6.07 Å². The van der Waals surface area contributed by atoms with E-state index in [-0.39, 0.29) is 18.2 Å². The van der Waals surface area contributed by atoms with Crippen LogP contribution < -0.4 is 5.73 Å². The minimum Gasteiger partial charge on any atom is -0.394 e. The van der Waals surface area contributed by atoms with Crippen LogP contribution in [-0.2, 0) is 0 Å². The van der Waals surface area contributed by atoms with Crippen molar-refractivity contribution in [1.29, 1.82) is 5.41 Å². The van der Waals surface area contributed by atoms with Gasteiger partial charge in [-0.25, -0.2) is 0 Å². The number of aromatic nitrogens is 2. The van der Waals surface area contributed by atoms with Crippen LogP contribution in [0.3, 0.4) is 0 Å². The Kier molecular flexibility index (Phi) is 4.47. The monoisotopic (exact) mass is 228 g/mol. The van der Waals surface area contributed by atoms with Crippen LogP contribution in [0.1, 0.15) is 5.56 Å². The van der Waals surface area contributed by atoms with E-state index in [0.29, 0.717) is 10.6 Å². The Labute approximate surface area is 91.0 Å². The molecular weight excluding hydrogens is 216 g/mol. The Morgan fingerprint density at radius 1 is 1.67 bits per heavy atom. The molecule has 1 aromatic rings. The van der Waals surface area contributed by atoms with Gasteiger partial charge in [-0.3, -0.25) is 5.41 Å². The molecule has 1 rings (SSSR count). The number of nitrogens with two attached hydrogens (primary N) is 1. The fraction of sp³-hybridized carbons (Fsp3) is 0.375. The van der Waals surface area contributed by atoms with E-state index in [4.69, 9.17) is 21.4 Å². The smallest absolute Gasteiger partial charge is 0.130 e. The van der Waals surface area contributed by atoms with Crippen molar-refractivity contribution >= 4 is 17.6 Å². The van der Waals surface area contributed by atoms with Crippen LogP contribution >= 0.6 is 11.8 Å². The molecule has 0 aromatic carbocycles. The topological polar surface area (TPSA) is 116 Å². The molecule has 1 unspecified atom stereocenters. The second kappa shape index (κ2) is 5.64. The summed E-state index contributed by atoms with van der Waals surface area (Å²) in [6, 6.07) is 1.59. The standard InChI is InChI=1S/C8H12N4O2S/c9-7(10)6-1-2-11-12-8(6)15-4-5(14)3-13/h1-2,5,13-14H,3-4H2,(H3,9,10). The first-order valence-electron chi connectivity index (χ1n) is 4.23. The van der Waals surface area contributed by atoms with E-state index in [1.54, 1.807) is 6.07 Å². The average Bonchev–Trinajstić information content (AvgIpc) is 2.26. The van der Waals surface area contributed by atoms with Crippen LogP contribution in [0.4, 0.5) is 0 Å². The minimum absolute atomic E-state index is 0.0918. The molecule has 0 radical (unpaired) electrons. The highest BCUT2D eigenvalue weighted by atomic mass is 32.2. The molecule has 0 aliphatic rings. The molecular formula is C8H12N4O2S. The number of amidine groups is 1. The lowest BCUT2D eigenvalue weighted by molar-refractivity contribution is 0.113. The average molecular weight is 228 g/mol. The molecule has 1 aromatic heterocycles. The van der Waals surface area contributed by atoms with Gasteiger partial charge < -0.3 is 15.9 Å². The van der Waals surface area contributed by atoms with Gasteiger partial charge >= 0.3 is 0 Å². The second-order valence-corrected chi connectivity index (χ2v) is 3.82. The molecule has 0 aliphatic carbocycles. The Morgan fingerprint density at radius 2 is 2.40 bits per heavy atom. The summed E-state index contributed by atoms with van der Waals surface area (Å²) in [5, 5.41) is 33.0. The summed E-state index contributed by atoms with van der Waals surface area (Å²) >= 11 is 1.20. The van der Waals surface area contributed by atoms with Crippen LogP contribution in [0.25, 0.3) is 0 Å². The third-order valence-corrected chi connectivity index (χ3v) is 2.73. The van der Waals surface area contributed by atoms with Crippen LogP contribution in [0, 0.1) is 5.41 Å². The number of thioether (sulfide) groups is 1. The molecule has 15 heavy (non-hydrogen) atoms.